The number of anilines is 2. The van der Waals surface area contributed by atoms with E-state index >= 15 is 0 Å². The molecule has 1 aliphatic heterocycles. The van der Waals surface area contributed by atoms with Crippen LogP contribution >= 0.6 is 0 Å². The fraction of sp³-hybridized carbons (Fsp3) is 0.389. The molecular formula is C18H20N4O2. The summed E-state index contributed by atoms with van der Waals surface area (Å²) >= 11 is 0. The Morgan fingerprint density at radius 3 is 2.83 bits per heavy atom. The molecule has 24 heavy (non-hydrogen) atoms. The summed E-state index contributed by atoms with van der Waals surface area (Å²) in [5.41, 5.74) is 3.08. The van der Waals surface area contributed by atoms with E-state index in [4.69, 9.17) is 0 Å². The van der Waals surface area contributed by atoms with Crippen molar-refractivity contribution in [2.24, 2.45) is 13.0 Å². The number of hydrogen-bond acceptors (Lipinski definition) is 3. The van der Waals surface area contributed by atoms with Gasteiger partial charge in [0.05, 0.1) is 11.6 Å². The zero-order valence-corrected chi connectivity index (χ0v) is 13.7. The molecule has 6 heteroatoms. The quantitative estimate of drug-likeness (QED) is 0.938. The molecule has 0 saturated carbocycles. The number of benzene rings is 1. The standard InChI is InChI=1S/C18H20N4O2/c1-21-17(14-8-5-9-15(14)20-21)19-18(24)12-10-16(23)22(11-12)13-6-3-2-4-7-13/h2-4,6-7,12H,5,8-11H2,1H3,(H,19,24)/t12-/m1/s1. The van der Waals surface area contributed by atoms with Crippen LogP contribution in [-0.4, -0.2) is 28.1 Å². The van der Waals surface area contributed by atoms with Crippen molar-refractivity contribution in [3.8, 4) is 0 Å². The van der Waals surface area contributed by atoms with Crippen molar-refractivity contribution in [3.63, 3.8) is 0 Å². The van der Waals surface area contributed by atoms with Gasteiger partial charge in [-0.2, -0.15) is 5.10 Å². The molecule has 1 aromatic heterocycles. The van der Waals surface area contributed by atoms with Crippen molar-refractivity contribution >= 4 is 23.3 Å². The maximum atomic E-state index is 12.7. The Kier molecular flexibility index (Phi) is 3.59. The van der Waals surface area contributed by atoms with E-state index in [9.17, 15) is 9.59 Å². The van der Waals surface area contributed by atoms with Crippen LogP contribution in [0.1, 0.15) is 24.1 Å². The zero-order chi connectivity index (χ0) is 16.7. The molecule has 1 aliphatic carbocycles. The monoisotopic (exact) mass is 324 g/mol. The van der Waals surface area contributed by atoms with E-state index in [2.05, 4.69) is 10.4 Å². The maximum Gasteiger partial charge on any atom is 0.230 e. The lowest BCUT2D eigenvalue weighted by atomic mass is 10.1. The Hall–Kier alpha value is -2.63. The van der Waals surface area contributed by atoms with Crippen LogP contribution in [0.4, 0.5) is 11.5 Å². The van der Waals surface area contributed by atoms with Crippen LogP contribution in [0.5, 0.6) is 0 Å². The van der Waals surface area contributed by atoms with Gasteiger partial charge in [-0.1, -0.05) is 18.2 Å². The first kappa shape index (κ1) is 14.9. The average molecular weight is 324 g/mol. The van der Waals surface area contributed by atoms with E-state index < -0.39 is 0 Å². The van der Waals surface area contributed by atoms with E-state index in [-0.39, 0.29) is 24.2 Å². The molecule has 1 atom stereocenters. The number of carbonyl (C=O) groups excluding carboxylic acids is 2. The summed E-state index contributed by atoms with van der Waals surface area (Å²) in [5.74, 6) is 0.360. The first-order valence-corrected chi connectivity index (χ1v) is 8.34. The minimum atomic E-state index is -0.329. The van der Waals surface area contributed by atoms with Crippen molar-refractivity contribution in [2.45, 2.75) is 25.7 Å². The highest BCUT2D eigenvalue weighted by molar-refractivity contribution is 6.03. The van der Waals surface area contributed by atoms with E-state index in [1.54, 1.807) is 9.58 Å². The van der Waals surface area contributed by atoms with Gasteiger partial charge in [0.25, 0.3) is 0 Å². The van der Waals surface area contributed by atoms with Crippen molar-refractivity contribution in [1.82, 2.24) is 9.78 Å². The molecule has 2 aromatic rings. The Labute approximate surface area is 140 Å². The van der Waals surface area contributed by atoms with Crippen molar-refractivity contribution in [3.05, 3.63) is 41.6 Å². The molecule has 2 heterocycles. The lowest BCUT2D eigenvalue weighted by molar-refractivity contribution is -0.122. The zero-order valence-electron chi connectivity index (χ0n) is 13.7. The van der Waals surface area contributed by atoms with E-state index in [1.165, 1.54) is 0 Å². The Morgan fingerprint density at radius 1 is 1.25 bits per heavy atom. The highest BCUT2D eigenvalue weighted by Gasteiger charge is 2.36. The lowest BCUT2D eigenvalue weighted by Crippen LogP contribution is -2.28. The number of fused-ring (bicyclic) bond motifs is 1. The highest BCUT2D eigenvalue weighted by atomic mass is 16.2. The molecule has 1 fully saturated rings. The third-order valence-corrected chi connectivity index (χ3v) is 4.87. The van der Waals surface area contributed by atoms with Crippen LogP contribution in [0, 0.1) is 5.92 Å². The van der Waals surface area contributed by atoms with Crippen molar-refractivity contribution in [1.29, 1.82) is 0 Å². The van der Waals surface area contributed by atoms with Crippen molar-refractivity contribution in [2.75, 3.05) is 16.8 Å². The van der Waals surface area contributed by atoms with Gasteiger partial charge in [0.1, 0.15) is 5.82 Å². The van der Waals surface area contributed by atoms with E-state index in [0.717, 1.165) is 42.0 Å². The fourth-order valence-corrected chi connectivity index (χ4v) is 3.64. The van der Waals surface area contributed by atoms with Crippen LogP contribution < -0.4 is 10.2 Å². The molecule has 1 aromatic carbocycles. The molecule has 6 nitrogen and oxygen atoms in total. The second-order valence-corrected chi connectivity index (χ2v) is 6.48. The maximum absolute atomic E-state index is 12.7. The molecule has 0 bridgehead atoms. The molecule has 0 radical (unpaired) electrons. The molecule has 1 saturated heterocycles. The number of nitrogens with one attached hydrogen (secondary N) is 1. The van der Waals surface area contributed by atoms with Gasteiger partial charge in [-0.25, -0.2) is 0 Å². The van der Waals surface area contributed by atoms with Gasteiger partial charge in [-0.05, 0) is 31.4 Å². The third-order valence-electron chi connectivity index (χ3n) is 4.87. The smallest absolute Gasteiger partial charge is 0.230 e. The van der Waals surface area contributed by atoms with E-state index in [1.807, 2.05) is 37.4 Å². The molecule has 124 valence electrons. The average Bonchev–Trinajstić information content (AvgIpc) is 3.25. The fourth-order valence-electron chi connectivity index (χ4n) is 3.64. The Balaban J connectivity index is 1.49. The topological polar surface area (TPSA) is 67.2 Å². The van der Waals surface area contributed by atoms with E-state index in [0.29, 0.717) is 6.54 Å². The number of aromatic nitrogens is 2. The van der Waals surface area contributed by atoms with Gasteiger partial charge >= 0.3 is 0 Å². The minimum absolute atomic E-state index is 0.00316. The summed E-state index contributed by atoms with van der Waals surface area (Å²) < 4.78 is 1.74. The van der Waals surface area contributed by atoms with Gasteiger partial charge in [-0.3, -0.25) is 14.3 Å². The number of rotatable bonds is 3. The molecular weight excluding hydrogens is 304 g/mol. The van der Waals surface area contributed by atoms with Gasteiger partial charge in [0, 0.05) is 31.3 Å². The number of aryl methyl sites for hydroxylation is 2. The summed E-state index contributed by atoms with van der Waals surface area (Å²) in [6.45, 7) is 0.425. The van der Waals surface area contributed by atoms with Gasteiger partial charge < -0.3 is 10.2 Å². The second-order valence-electron chi connectivity index (χ2n) is 6.48. The van der Waals surface area contributed by atoms with Crippen LogP contribution in [-0.2, 0) is 29.5 Å². The van der Waals surface area contributed by atoms with Crippen LogP contribution in [0.25, 0.3) is 0 Å². The van der Waals surface area contributed by atoms with Crippen LogP contribution in [0.15, 0.2) is 30.3 Å². The summed E-state index contributed by atoms with van der Waals surface area (Å²) in [6, 6.07) is 9.50. The van der Waals surface area contributed by atoms with Gasteiger partial charge in [0.15, 0.2) is 0 Å². The van der Waals surface area contributed by atoms with Gasteiger partial charge in [-0.15, -0.1) is 0 Å². The summed E-state index contributed by atoms with van der Waals surface area (Å²) in [6.07, 6.45) is 3.27. The SMILES string of the molecule is Cn1nc2c(c1NC(=O)[C@@H]1CC(=O)N(c3ccccc3)C1)CCC2. The summed E-state index contributed by atoms with van der Waals surface area (Å²) in [5, 5.41) is 7.48. The van der Waals surface area contributed by atoms with Crippen molar-refractivity contribution < 1.29 is 9.59 Å². The van der Waals surface area contributed by atoms with Crippen LogP contribution in [0.3, 0.4) is 0 Å². The number of amides is 2. The molecule has 4 rings (SSSR count). The number of hydrogen-bond donors (Lipinski definition) is 1. The minimum Gasteiger partial charge on any atom is -0.312 e. The highest BCUT2D eigenvalue weighted by Crippen LogP contribution is 2.30. The molecule has 0 unspecified atom stereocenters. The largest absolute Gasteiger partial charge is 0.312 e. The summed E-state index contributed by atoms with van der Waals surface area (Å²) in [7, 11) is 1.85. The number of nitrogens with zero attached hydrogens (tertiary/aromatic N) is 3. The molecule has 2 amide bonds. The summed E-state index contributed by atoms with van der Waals surface area (Å²) in [4.78, 5) is 26.6. The Bertz CT molecular complexity index is 797. The third kappa shape index (κ3) is 2.48. The number of para-hydroxylation sites is 1. The molecule has 1 N–H and O–H groups in total. The normalized spacial score (nSPS) is 19.6. The lowest BCUT2D eigenvalue weighted by Gasteiger charge is -2.16. The number of carbonyl (C=O) groups is 2. The van der Waals surface area contributed by atoms with Crippen LogP contribution in [0.2, 0.25) is 0 Å². The first-order chi connectivity index (χ1) is 11.6. The van der Waals surface area contributed by atoms with Gasteiger partial charge in [0.2, 0.25) is 11.8 Å². The first-order valence-electron chi connectivity index (χ1n) is 8.34. The predicted octanol–water partition coefficient (Wildman–Crippen LogP) is 1.90. The second kappa shape index (κ2) is 5.78. The molecule has 0 spiro atoms. The molecule has 2 aliphatic rings. The Morgan fingerprint density at radius 2 is 2.04 bits per heavy atom. The predicted molar refractivity (Wildman–Crippen MR) is 90.8 cm³/mol.